The average molecular weight is 357 g/mol. The highest BCUT2D eigenvalue weighted by Crippen LogP contribution is 2.20. The molecule has 1 fully saturated rings. The van der Waals surface area contributed by atoms with Crippen LogP contribution in [0.15, 0.2) is 48.5 Å². The van der Waals surface area contributed by atoms with Gasteiger partial charge in [0, 0.05) is 25.1 Å². The molecule has 0 aromatic heterocycles. The Balaban J connectivity index is 1.50. The van der Waals surface area contributed by atoms with Crippen LogP contribution in [0, 0.1) is 11.7 Å². The topological polar surface area (TPSA) is 66.8 Å². The van der Waals surface area contributed by atoms with Gasteiger partial charge in [-0.05, 0) is 30.2 Å². The van der Waals surface area contributed by atoms with Crippen LogP contribution < -0.4 is 4.74 Å². The van der Waals surface area contributed by atoms with E-state index in [0.717, 1.165) is 5.56 Å². The van der Waals surface area contributed by atoms with Crippen LogP contribution >= 0.6 is 0 Å². The quantitative estimate of drug-likeness (QED) is 0.827. The molecule has 1 unspecified atom stereocenters. The molecule has 0 spiro atoms. The summed E-state index contributed by atoms with van der Waals surface area (Å²) in [7, 11) is 0. The number of carboxylic acids is 1. The summed E-state index contributed by atoms with van der Waals surface area (Å²) < 4.78 is 19.2. The summed E-state index contributed by atoms with van der Waals surface area (Å²) in [4.78, 5) is 24.4. The van der Waals surface area contributed by atoms with Crippen LogP contribution in [-0.2, 0) is 22.6 Å². The number of halogens is 1. The van der Waals surface area contributed by atoms with Gasteiger partial charge in [-0.3, -0.25) is 9.59 Å². The van der Waals surface area contributed by atoms with Crippen molar-refractivity contribution in [1.29, 1.82) is 0 Å². The lowest BCUT2D eigenvalue weighted by Gasteiger charge is -2.16. The van der Waals surface area contributed by atoms with Gasteiger partial charge in [-0.25, -0.2) is 4.39 Å². The Kier molecular flexibility index (Phi) is 5.51. The second-order valence-electron chi connectivity index (χ2n) is 6.35. The highest BCUT2D eigenvalue weighted by molar-refractivity contribution is 5.86. The van der Waals surface area contributed by atoms with Gasteiger partial charge in [0.05, 0.1) is 5.92 Å². The van der Waals surface area contributed by atoms with Gasteiger partial charge in [0.25, 0.3) is 0 Å². The lowest BCUT2D eigenvalue weighted by Crippen LogP contribution is -2.28. The van der Waals surface area contributed by atoms with E-state index in [4.69, 9.17) is 9.84 Å². The lowest BCUT2D eigenvalue weighted by atomic mass is 10.1. The van der Waals surface area contributed by atoms with Crippen molar-refractivity contribution in [2.24, 2.45) is 5.92 Å². The number of carbonyl (C=O) groups excluding carboxylic acids is 1. The molecule has 1 aliphatic rings. The molecule has 1 N–H and O–H groups in total. The molecule has 136 valence electrons. The molecule has 5 nitrogen and oxygen atoms in total. The first-order valence-corrected chi connectivity index (χ1v) is 8.48. The molecule has 0 aliphatic carbocycles. The largest absolute Gasteiger partial charge is 0.489 e. The molecule has 26 heavy (non-hydrogen) atoms. The minimum atomic E-state index is -0.919. The molecule has 2 aromatic carbocycles. The summed E-state index contributed by atoms with van der Waals surface area (Å²) in [5.74, 6) is -1.28. The van der Waals surface area contributed by atoms with Crippen molar-refractivity contribution in [1.82, 2.24) is 4.90 Å². The number of nitrogens with zero attached hydrogens (tertiary/aromatic N) is 1. The van der Waals surface area contributed by atoms with Gasteiger partial charge in [-0.2, -0.15) is 0 Å². The predicted octanol–water partition coefficient (Wildman–Crippen LogP) is 2.88. The molecule has 6 heteroatoms. The molecule has 1 atom stereocenters. The lowest BCUT2D eigenvalue weighted by molar-refractivity contribution is -0.141. The van der Waals surface area contributed by atoms with E-state index in [1.165, 1.54) is 6.07 Å². The molecular weight excluding hydrogens is 337 g/mol. The van der Waals surface area contributed by atoms with Crippen LogP contribution in [-0.4, -0.2) is 35.0 Å². The van der Waals surface area contributed by atoms with E-state index in [1.807, 2.05) is 24.3 Å². The van der Waals surface area contributed by atoms with Crippen molar-refractivity contribution >= 4 is 11.9 Å². The first-order chi connectivity index (χ1) is 12.5. The number of amides is 1. The molecule has 1 heterocycles. The number of rotatable bonds is 7. The van der Waals surface area contributed by atoms with Gasteiger partial charge < -0.3 is 14.7 Å². The number of likely N-dealkylation sites (tertiary alicyclic amines) is 1. The maximum Gasteiger partial charge on any atom is 0.308 e. The SMILES string of the molecule is O=C(O)C1CC(=O)N(CCc2ccc(OCc3ccccc3F)cc2)C1. The molecule has 3 rings (SSSR count). The van der Waals surface area contributed by atoms with Crippen molar-refractivity contribution < 1.29 is 23.8 Å². The maximum atomic E-state index is 13.6. The van der Waals surface area contributed by atoms with Gasteiger partial charge in [-0.15, -0.1) is 0 Å². The van der Waals surface area contributed by atoms with E-state index in [1.54, 1.807) is 23.1 Å². The highest BCUT2D eigenvalue weighted by Gasteiger charge is 2.33. The number of ether oxygens (including phenoxy) is 1. The van der Waals surface area contributed by atoms with Gasteiger partial charge in [-0.1, -0.05) is 30.3 Å². The zero-order chi connectivity index (χ0) is 18.5. The summed E-state index contributed by atoms with van der Waals surface area (Å²) in [5.41, 5.74) is 1.52. The van der Waals surface area contributed by atoms with E-state index >= 15 is 0 Å². The summed E-state index contributed by atoms with van der Waals surface area (Å²) in [6.07, 6.45) is 0.726. The standard InChI is InChI=1S/C20H20FNO4/c21-18-4-2-1-3-15(18)13-26-17-7-5-14(6-8-17)9-10-22-12-16(20(24)25)11-19(22)23/h1-8,16H,9-13H2,(H,24,25). The number of hydrogen-bond donors (Lipinski definition) is 1. The molecule has 2 aromatic rings. The Morgan fingerprint density at radius 2 is 1.92 bits per heavy atom. The van der Waals surface area contributed by atoms with E-state index in [2.05, 4.69) is 0 Å². The molecule has 0 saturated carbocycles. The third kappa shape index (κ3) is 4.39. The fourth-order valence-electron chi connectivity index (χ4n) is 2.95. The zero-order valence-corrected chi connectivity index (χ0v) is 14.2. The number of carbonyl (C=O) groups is 2. The third-order valence-corrected chi connectivity index (χ3v) is 4.51. The Morgan fingerprint density at radius 3 is 2.58 bits per heavy atom. The molecule has 0 bridgehead atoms. The summed E-state index contributed by atoms with van der Waals surface area (Å²) in [5, 5.41) is 9.00. The van der Waals surface area contributed by atoms with Crippen LogP contribution in [0.5, 0.6) is 5.75 Å². The van der Waals surface area contributed by atoms with Crippen LogP contribution in [0.3, 0.4) is 0 Å². The predicted molar refractivity (Wildman–Crippen MR) is 93.2 cm³/mol. The van der Waals surface area contributed by atoms with Crippen LogP contribution in [0.1, 0.15) is 17.5 Å². The fourth-order valence-corrected chi connectivity index (χ4v) is 2.95. The molecule has 1 aliphatic heterocycles. The fraction of sp³-hybridized carbons (Fsp3) is 0.300. The number of hydrogen-bond acceptors (Lipinski definition) is 3. The smallest absolute Gasteiger partial charge is 0.308 e. The summed E-state index contributed by atoms with van der Waals surface area (Å²) >= 11 is 0. The normalized spacial score (nSPS) is 16.7. The van der Waals surface area contributed by atoms with E-state index in [9.17, 15) is 14.0 Å². The maximum absolute atomic E-state index is 13.6. The van der Waals surface area contributed by atoms with Crippen LogP contribution in [0.25, 0.3) is 0 Å². The number of carboxylic acid groups (broad SMARTS) is 1. The van der Waals surface area contributed by atoms with Crippen molar-refractivity contribution in [3.8, 4) is 5.75 Å². The first kappa shape index (κ1) is 17.9. The minimum Gasteiger partial charge on any atom is -0.489 e. The zero-order valence-electron chi connectivity index (χ0n) is 14.2. The highest BCUT2D eigenvalue weighted by atomic mass is 19.1. The monoisotopic (exact) mass is 357 g/mol. The number of benzene rings is 2. The average Bonchev–Trinajstić information content (AvgIpc) is 3.01. The van der Waals surface area contributed by atoms with Crippen molar-refractivity contribution in [2.45, 2.75) is 19.4 Å². The summed E-state index contributed by atoms with van der Waals surface area (Å²) in [6.45, 7) is 0.931. The second-order valence-corrected chi connectivity index (χ2v) is 6.35. The molecule has 1 saturated heterocycles. The molecule has 0 radical (unpaired) electrons. The third-order valence-electron chi connectivity index (χ3n) is 4.51. The minimum absolute atomic E-state index is 0.0815. The van der Waals surface area contributed by atoms with Crippen molar-refractivity contribution in [3.63, 3.8) is 0 Å². The Morgan fingerprint density at radius 1 is 1.19 bits per heavy atom. The van der Waals surface area contributed by atoms with Crippen LogP contribution in [0.2, 0.25) is 0 Å². The van der Waals surface area contributed by atoms with Crippen molar-refractivity contribution in [2.75, 3.05) is 13.1 Å². The Bertz CT molecular complexity index is 791. The molecular formula is C20H20FNO4. The van der Waals surface area contributed by atoms with Gasteiger partial charge in [0.1, 0.15) is 18.2 Å². The Hall–Kier alpha value is -2.89. The number of aliphatic carboxylic acids is 1. The van der Waals surface area contributed by atoms with Gasteiger partial charge >= 0.3 is 5.97 Å². The van der Waals surface area contributed by atoms with E-state index in [-0.39, 0.29) is 31.3 Å². The van der Waals surface area contributed by atoms with Gasteiger partial charge in [0.15, 0.2) is 0 Å². The van der Waals surface area contributed by atoms with Crippen molar-refractivity contribution in [3.05, 3.63) is 65.5 Å². The molecule has 1 amide bonds. The first-order valence-electron chi connectivity index (χ1n) is 8.48. The van der Waals surface area contributed by atoms with E-state index < -0.39 is 11.9 Å². The van der Waals surface area contributed by atoms with E-state index in [0.29, 0.717) is 24.3 Å². The second kappa shape index (κ2) is 7.99. The van der Waals surface area contributed by atoms with Crippen LogP contribution in [0.4, 0.5) is 4.39 Å². The van der Waals surface area contributed by atoms with Gasteiger partial charge in [0.2, 0.25) is 5.91 Å². The summed E-state index contributed by atoms with van der Waals surface area (Å²) in [6, 6.07) is 13.9. The Labute approximate surface area is 151 Å².